The SMILES string of the molecule is CS(=O)(=O)Nc1cc(CC(O)NCCC#CCCOCCCCc2ccccc2)ccc1O. The smallest absolute Gasteiger partial charge is 0.229 e. The zero-order valence-corrected chi connectivity index (χ0v) is 19.9. The molecule has 7 nitrogen and oxygen atoms in total. The van der Waals surface area contributed by atoms with Gasteiger partial charge in [0.25, 0.3) is 0 Å². The molecule has 0 heterocycles. The van der Waals surface area contributed by atoms with E-state index in [4.69, 9.17) is 4.74 Å². The summed E-state index contributed by atoms with van der Waals surface area (Å²) in [6.45, 7) is 1.90. The molecule has 0 aliphatic heterocycles. The van der Waals surface area contributed by atoms with Crippen LogP contribution < -0.4 is 10.0 Å². The monoisotopic (exact) mass is 474 g/mol. The highest BCUT2D eigenvalue weighted by atomic mass is 32.2. The first kappa shape index (κ1) is 26.7. The first-order chi connectivity index (χ1) is 15.8. The summed E-state index contributed by atoms with van der Waals surface area (Å²) in [5.74, 6) is 5.96. The molecule has 33 heavy (non-hydrogen) atoms. The van der Waals surface area contributed by atoms with Crippen LogP contribution in [0.2, 0.25) is 0 Å². The fraction of sp³-hybridized carbons (Fsp3) is 0.440. The normalized spacial score (nSPS) is 12.1. The van der Waals surface area contributed by atoms with Crippen LogP contribution in [0.5, 0.6) is 5.75 Å². The number of aliphatic hydroxyl groups is 1. The Hall–Kier alpha value is -2.57. The standard InChI is InChI=1S/C25H34N2O5S/c1-33(30,31)27-23-19-22(14-15-24(23)28)20-25(29)26-16-8-2-3-9-17-32-18-10-7-13-21-11-5-4-6-12-21/h4-6,11-12,14-15,19,25-29H,7-10,13,16-18,20H2,1H3. The zero-order chi connectivity index (χ0) is 23.9. The number of aromatic hydroxyl groups is 1. The van der Waals surface area contributed by atoms with Crippen molar-refractivity contribution in [2.24, 2.45) is 0 Å². The quantitative estimate of drug-likeness (QED) is 0.145. The van der Waals surface area contributed by atoms with Crippen LogP contribution in [0.25, 0.3) is 0 Å². The average Bonchev–Trinajstić information content (AvgIpc) is 2.76. The van der Waals surface area contributed by atoms with Gasteiger partial charge in [0.1, 0.15) is 12.0 Å². The minimum absolute atomic E-state index is 0.0893. The van der Waals surface area contributed by atoms with E-state index in [1.807, 2.05) is 6.07 Å². The summed E-state index contributed by atoms with van der Waals surface area (Å²) < 4.78 is 30.6. The lowest BCUT2D eigenvalue weighted by atomic mass is 10.1. The summed E-state index contributed by atoms with van der Waals surface area (Å²) in [6, 6.07) is 15.0. The number of benzene rings is 2. The van der Waals surface area contributed by atoms with Crippen molar-refractivity contribution in [3.63, 3.8) is 0 Å². The van der Waals surface area contributed by atoms with E-state index in [-0.39, 0.29) is 17.9 Å². The Balaban J connectivity index is 1.52. The van der Waals surface area contributed by atoms with E-state index in [1.165, 1.54) is 17.7 Å². The molecule has 0 spiro atoms. The molecule has 1 atom stereocenters. The van der Waals surface area contributed by atoms with E-state index in [0.717, 1.165) is 32.1 Å². The molecule has 0 radical (unpaired) electrons. The predicted octanol–water partition coefficient (Wildman–Crippen LogP) is 3.04. The molecule has 4 N–H and O–H groups in total. The van der Waals surface area contributed by atoms with Crippen molar-refractivity contribution in [1.82, 2.24) is 5.32 Å². The molecular formula is C25H34N2O5S. The number of nitrogens with one attached hydrogen (secondary N) is 2. The predicted molar refractivity (Wildman–Crippen MR) is 131 cm³/mol. The molecule has 0 aromatic heterocycles. The molecule has 0 aliphatic carbocycles. The van der Waals surface area contributed by atoms with E-state index in [9.17, 15) is 18.6 Å². The van der Waals surface area contributed by atoms with Gasteiger partial charge in [0.15, 0.2) is 0 Å². The molecule has 0 aliphatic rings. The Morgan fingerprint density at radius 3 is 2.52 bits per heavy atom. The highest BCUT2D eigenvalue weighted by molar-refractivity contribution is 7.92. The van der Waals surface area contributed by atoms with Crippen LogP contribution in [0.4, 0.5) is 5.69 Å². The molecule has 180 valence electrons. The maximum absolute atomic E-state index is 11.4. The van der Waals surface area contributed by atoms with Crippen molar-refractivity contribution in [2.45, 2.75) is 44.8 Å². The van der Waals surface area contributed by atoms with Gasteiger partial charge in [-0.25, -0.2) is 8.42 Å². The van der Waals surface area contributed by atoms with Crippen molar-refractivity contribution < 1.29 is 23.4 Å². The second kappa shape index (κ2) is 14.6. The number of rotatable bonds is 14. The molecule has 0 amide bonds. The van der Waals surface area contributed by atoms with E-state index in [2.05, 4.69) is 46.1 Å². The Morgan fingerprint density at radius 2 is 1.76 bits per heavy atom. The minimum atomic E-state index is -3.50. The fourth-order valence-corrected chi connectivity index (χ4v) is 3.73. The number of hydrogen-bond donors (Lipinski definition) is 4. The van der Waals surface area contributed by atoms with Crippen LogP contribution in [-0.2, 0) is 27.6 Å². The number of ether oxygens (including phenoxy) is 1. The van der Waals surface area contributed by atoms with Crippen LogP contribution >= 0.6 is 0 Å². The van der Waals surface area contributed by atoms with Crippen LogP contribution in [0.15, 0.2) is 48.5 Å². The van der Waals surface area contributed by atoms with Gasteiger partial charge in [-0.1, -0.05) is 36.4 Å². The van der Waals surface area contributed by atoms with Gasteiger partial charge in [-0.3, -0.25) is 10.0 Å². The molecule has 0 saturated carbocycles. The van der Waals surface area contributed by atoms with Gasteiger partial charge in [-0.15, -0.1) is 11.8 Å². The van der Waals surface area contributed by atoms with Crippen molar-refractivity contribution in [3.05, 3.63) is 59.7 Å². The third kappa shape index (κ3) is 12.3. The Kier molecular flexibility index (Phi) is 11.8. The first-order valence-corrected chi connectivity index (χ1v) is 13.0. The number of phenolic OH excluding ortho intramolecular Hbond substituents is 1. The van der Waals surface area contributed by atoms with Crippen molar-refractivity contribution in [2.75, 3.05) is 30.7 Å². The van der Waals surface area contributed by atoms with Crippen molar-refractivity contribution >= 4 is 15.7 Å². The van der Waals surface area contributed by atoms with Crippen LogP contribution in [0, 0.1) is 11.8 Å². The third-order valence-corrected chi connectivity index (χ3v) is 5.35. The van der Waals surface area contributed by atoms with Crippen LogP contribution in [0.1, 0.15) is 36.8 Å². The number of unbranched alkanes of at least 4 members (excludes halogenated alkanes) is 1. The van der Waals surface area contributed by atoms with Crippen molar-refractivity contribution in [1.29, 1.82) is 0 Å². The van der Waals surface area contributed by atoms with Gasteiger partial charge >= 0.3 is 0 Å². The zero-order valence-electron chi connectivity index (χ0n) is 19.1. The molecule has 2 aromatic carbocycles. The topological polar surface area (TPSA) is 108 Å². The van der Waals surface area contributed by atoms with Gasteiger partial charge in [-0.05, 0) is 42.5 Å². The van der Waals surface area contributed by atoms with Gasteiger partial charge in [0.05, 0.1) is 18.6 Å². The number of aliphatic hydroxyl groups excluding tert-OH is 1. The molecular weight excluding hydrogens is 440 g/mol. The van der Waals surface area contributed by atoms with Crippen LogP contribution in [-0.4, -0.2) is 50.9 Å². The highest BCUT2D eigenvalue weighted by Crippen LogP contribution is 2.25. The summed E-state index contributed by atoms with van der Waals surface area (Å²) in [4.78, 5) is 0. The Bertz CT molecular complexity index is 1000. The van der Waals surface area contributed by atoms with E-state index >= 15 is 0 Å². The summed E-state index contributed by atoms with van der Waals surface area (Å²) in [6.07, 6.45) is 4.99. The lowest BCUT2D eigenvalue weighted by Crippen LogP contribution is -2.31. The number of aryl methyl sites for hydroxylation is 1. The molecule has 0 bridgehead atoms. The second-order valence-electron chi connectivity index (χ2n) is 7.81. The lowest BCUT2D eigenvalue weighted by Gasteiger charge is -2.13. The minimum Gasteiger partial charge on any atom is -0.506 e. The number of phenols is 1. The lowest BCUT2D eigenvalue weighted by molar-refractivity contribution is 0.136. The summed E-state index contributed by atoms with van der Waals surface area (Å²) in [5, 5.41) is 22.9. The van der Waals surface area contributed by atoms with Crippen molar-refractivity contribution in [3.8, 4) is 17.6 Å². The Morgan fingerprint density at radius 1 is 1.00 bits per heavy atom. The molecule has 2 rings (SSSR count). The van der Waals surface area contributed by atoms with Gasteiger partial charge in [0, 0.05) is 32.4 Å². The summed E-state index contributed by atoms with van der Waals surface area (Å²) in [5.41, 5.74) is 2.14. The van der Waals surface area contributed by atoms with E-state index in [1.54, 1.807) is 6.07 Å². The first-order valence-electron chi connectivity index (χ1n) is 11.1. The van der Waals surface area contributed by atoms with Gasteiger partial charge in [0.2, 0.25) is 10.0 Å². The van der Waals surface area contributed by atoms with E-state index in [0.29, 0.717) is 31.6 Å². The maximum Gasteiger partial charge on any atom is 0.229 e. The summed E-state index contributed by atoms with van der Waals surface area (Å²) >= 11 is 0. The largest absolute Gasteiger partial charge is 0.506 e. The fourth-order valence-electron chi connectivity index (χ4n) is 3.17. The highest BCUT2D eigenvalue weighted by Gasteiger charge is 2.10. The Labute approximate surface area is 197 Å². The molecule has 1 unspecified atom stereocenters. The van der Waals surface area contributed by atoms with E-state index < -0.39 is 16.3 Å². The maximum atomic E-state index is 11.4. The van der Waals surface area contributed by atoms with Gasteiger partial charge in [-0.2, -0.15) is 0 Å². The third-order valence-electron chi connectivity index (χ3n) is 4.76. The van der Waals surface area contributed by atoms with Gasteiger partial charge < -0.3 is 14.9 Å². The molecule has 0 fully saturated rings. The number of hydrogen-bond acceptors (Lipinski definition) is 6. The summed E-state index contributed by atoms with van der Waals surface area (Å²) in [7, 11) is -3.50. The molecule has 8 heteroatoms. The average molecular weight is 475 g/mol. The molecule has 0 saturated heterocycles. The second-order valence-corrected chi connectivity index (χ2v) is 9.56. The molecule has 2 aromatic rings. The number of anilines is 1. The number of sulfonamides is 1. The van der Waals surface area contributed by atoms with Crippen LogP contribution in [0.3, 0.4) is 0 Å².